The molecule has 3 aliphatic heterocycles. The van der Waals surface area contributed by atoms with Crippen molar-refractivity contribution in [1.82, 2.24) is 19.6 Å². The Bertz CT molecular complexity index is 1450. The number of nitrogens with one attached hydrogen (secondary N) is 1. The van der Waals surface area contributed by atoms with Gasteiger partial charge >= 0.3 is 24.5 Å². The van der Waals surface area contributed by atoms with E-state index in [9.17, 15) is 40.7 Å². The van der Waals surface area contributed by atoms with E-state index in [-0.39, 0.29) is 44.3 Å². The highest BCUT2D eigenvalue weighted by Crippen LogP contribution is 2.42. The molecule has 47 heavy (non-hydrogen) atoms. The minimum Gasteiger partial charge on any atom is -0.436 e. The van der Waals surface area contributed by atoms with E-state index in [2.05, 4.69) is 5.32 Å². The van der Waals surface area contributed by atoms with E-state index < -0.39 is 59.3 Å². The third kappa shape index (κ3) is 7.71. The number of alkyl halides is 6. The number of hydrogen-bond acceptors (Lipinski definition) is 7. The van der Waals surface area contributed by atoms with Gasteiger partial charge in [0.1, 0.15) is 0 Å². The standard InChI is InChI=1S/C30H36F6N6O4S/c1-39(2)18-3-8-40(9-4-18)26(43)23(15-17-13-20(29(31,32)33)25(37)21(14-17)30(34,35)36)46-28(45)41-10-5-19(6-11-41)42-16-24-22(7-12-47-24)38-27(42)44/h7,12-14,18-19,23H,3-6,8-11,15-16,37H2,1-2H3,(H,38,44)/t23-/m1/s1. The maximum absolute atomic E-state index is 13.7. The van der Waals surface area contributed by atoms with Crippen LogP contribution in [0.1, 0.15) is 47.3 Å². The number of carbonyl (C=O) groups excluding carboxylic acids is 3. The van der Waals surface area contributed by atoms with Crippen LogP contribution in [0.25, 0.3) is 0 Å². The van der Waals surface area contributed by atoms with Gasteiger partial charge in [-0.05, 0) is 68.9 Å². The van der Waals surface area contributed by atoms with Gasteiger partial charge in [-0.25, -0.2) is 9.59 Å². The van der Waals surface area contributed by atoms with Crippen LogP contribution in [-0.2, 0) is 34.8 Å². The summed E-state index contributed by atoms with van der Waals surface area (Å²) in [6.07, 6.45) is -11.8. The summed E-state index contributed by atoms with van der Waals surface area (Å²) in [4.78, 5) is 47.2. The van der Waals surface area contributed by atoms with Crippen molar-refractivity contribution in [3.63, 3.8) is 0 Å². The molecular formula is C30H36F6N6O4S. The highest BCUT2D eigenvalue weighted by atomic mass is 32.1. The van der Waals surface area contributed by atoms with Gasteiger partial charge < -0.3 is 35.4 Å². The van der Waals surface area contributed by atoms with Gasteiger partial charge in [-0.2, -0.15) is 26.3 Å². The SMILES string of the molecule is CN(C)C1CCN(C(=O)[C@@H](Cc2cc(C(F)(F)F)c(N)c(C(F)(F)F)c2)OC(=O)N2CCC(N3Cc4sccc4NC3=O)CC2)CC1. The zero-order chi connectivity index (χ0) is 34.3. The van der Waals surface area contributed by atoms with Crippen LogP contribution in [0.15, 0.2) is 23.6 Å². The molecular weight excluding hydrogens is 654 g/mol. The lowest BCUT2D eigenvalue weighted by Crippen LogP contribution is -2.52. The number of nitrogens with two attached hydrogens (primary N) is 1. The Kier molecular flexibility index (Phi) is 9.87. The lowest BCUT2D eigenvalue weighted by atomic mass is 9.97. The summed E-state index contributed by atoms with van der Waals surface area (Å²) in [5.74, 6) is -0.707. The van der Waals surface area contributed by atoms with E-state index in [4.69, 9.17) is 10.5 Å². The van der Waals surface area contributed by atoms with Crippen LogP contribution in [-0.4, -0.2) is 96.1 Å². The molecule has 4 amide bonds. The molecule has 2 fully saturated rings. The van der Waals surface area contributed by atoms with Gasteiger partial charge in [-0.1, -0.05) is 0 Å². The molecule has 17 heteroatoms. The number of urea groups is 1. The first-order valence-corrected chi connectivity index (χ1v) is 16.0. The zero-order valence-electron chi connectivity index (χ0n) is 25.8. The Morgan fingerprint density at radius 1 is 1.00 bits per heavy atom. The second-order valence-corrected chi connectivity index (χ2v) is 13.2. The normalized spacial score (nSPS) is 19.1. The van der Waals surface area contributed by atoms with Crippen molar-refractivity contribution in [1.29, 1.82) is 0 Å². The largest absolute Gasteiger partial charge is 0.436 e. The van der Waals surface area contributed by atoms with Crippen LogP contribution in [0.4, 0.5) is 47.3 Å². The molecule has 0 bridgehead atoms. The van der Waals surface area contributed by atoms with Crippen LogP contribution in [0.3, 0.4) is 0 Å². The first-order valence-electron chi connectivity index (χ1n) is 15.1. The number of rotatable bonds is 6. The summed E-state index contributed by atoms with van der Waals surface area (Å²) in [7, 11) is 3.79. The Hall–Kier alpha value is -3.73. The number of thiophene rings is 1. The average Bonchev–Trinajstić information content (AvgIpc) is 3.47. The molecule has 258 valence electrons. The molecule has 1 atom stereocenters. The second-order valence-electron chi connectivity index (χ2n) is 12.2. The molecule has 0 unspecified atom stereocenters. The smallest absolute Gasteiger partial charge is 0.418 e. The number of nitrogen functional groups attached to an aromatic ring is 1. The molecule has 0 spiro atoms. The Morgan fingerprint density at radius 2 is 1.57 bits per heavy atom. The molecule has 1 aromatic carbocycles. The molecule has 5 rings (SSSR count). The summed E-state index contributed by atoms with van der Waals surface area (Å²) in [6.45, 7) is 1.30. The van der Waals surface area contributed by atoms with Crippen LogP contribution in [0, 0.1) is 0 Å². The number of ether oxygens (including phenoxy) is 1. The number of halogens is 6. The fraction of sp³-hybridized carbons (Fsp3) is 0.567. The highest BCUT2D eigenvalue weighted by molar-refractivity contribution is 7.10. The minimum absolute atomic E-state index is 0.165. The summed E-state index contributed by atoms with van der Waals surface area (Å²) in [5, 5.41) is 4.73. The van der Waals surface area contributed by atoms with Gasteiger partial charge in [0.15, 0.2) is 6.10 Å². The van der Waals surface area contributed by atoms with E-state index in [1.54, 1.807) is 4.90 Å². The quantitative estimate of drug-likeness (QED) is 0.307. The Balaban J connectivity index is 1.33. The molecule has 2 aromatic rings. The van der Waals surface area contributed by atoms with Crippen molar-refractivity contribution >= 4 is 40.7 Å². The van der Waals surface area contributed by atoms with Gasteiger partial charge in [-0.15, -0.1) is 11.3 Å². The van der Waals surface area contributed by atoms with Crippen LogP contribution in [0.5, 0.6) is 0 Å². The van der Waals surface area contributed by atoms with Gasteiger partial charge in [0, 0.05) is 49.6 Å². The van der Waals surface area contributed by atoms with Crippen LogP contribution in [0.2, 0.25) is 0 Å². The predicted octanol–water partition coefficient (Wildman–Crippen LogP) is 5.48. The number of anilines is 2. The topological polar surface area (TPSA) is 111 Å². The number of likely N-dealkylation sites (tertiary alicyclic amines) is 2. The fourth-order valence-corrected chi connectivity index (χ4v) is 7.17. The molecule has 0 radical (unpaired) electrons. The summed E-state index contributed by atoms with van der Waals surface area (Å²) >= 11 is 1.52. The molecule has 3 aliphatic rings. The van der Waals surface area contributed by atoms with E-state index in [1.807, 2.05) is 30.4 Å². The number of hydrogen-bond donors (Lipinski definition) is 2. The summed E-state index contributed by atoms with van der Waals surface area (Å²) in [6, 6.07) is 2.50. The van der Waals surface area contributed by atoms with Gasteiger partial charge in [0.25, 0.3) is 5.91 Å². The number of carbonyl (C=O) groups is 3. The number of amides is 4. The maximum Gasteiger partial charge on any atom is 0.418 e. The van der Waals surface area contributed by atoms with Crippen LogP contribution < -0.4 is 11.1 Å². The first kappa shape index (κ1) is 34.6. The molecule has 3 N–H and O–H groups in total. The lowest BCUT2D eigenvalue weighted by molar-refractivity contribution is -0.142. The monoisotopic (exact) mass is 690 g/mol. The number of piperidine rings is 2. The van der Waals surface area contributed by atoms with Crippen molar-refractivity contribution in [2.75, 3.05) is 51.3 Å². The summed E-state index contributed by atoms with van der Waals surface area (Å²) < 4.78 is 88.0. The lowest BCUT2D eigenvalue weighted by Gasteiger charge is -2.40. The third-order valence-corrected chi connectivity index (χ3v) is 9.93. The molecule has 0 aliphatic carbocycles. The summed E-state index contributed by atoms with van der Waals surface area (Å²) in [5.41, 5.74) is 0.713. The van der Waals surface area contributed by atoms with Crippen molar-refractivity contribution < 1.29 is 45.5 Å². The first-order chi connectivity index (χ1) is 22.0. The van der Waals surface area contributed by atoms with E-state index in [1.165, 1.54) is 21.1 Å². The average molecular weight is 691 g/mol. The number of benzene rings is 1. The molecule has 2 saturated heterocycles. The Labute approximate surface area is 271 Å². The Morgan fingerprint density at radius 3 is 2.13 bits per heavy atom. The molecule has 10 nitrogen and oxygen atoms in total. The fourth-order valence-electron chi connectivity index (χ4n) is 6.34. The van der Waals surface area contributed by atoms with Gasteiger partial charge in [-0.3, -0.25) is 4.79 Å². The van der Waals surface area contributed by atoms with Crippen molar-refractivity contribution in [3.8, 4) is 0 Å². The van der Waals surface area contributed by atoms with Crippen LogP contribution >= 0.6 is 11.3 Å². The predicted molar refractivity (Wildman–Crippen MR) is 162 cm³/mol. The zero-order valence-corrected chi connectivity index (χ0v) is 26.6. The highest BCUT2D eigenvalue weighted by Gasteiger charge is 2.42. The number of fused-ring (bicyclic) bond motifs is 1. The molecule has 0 saturated carbocycles. The third-order valence-electron chi connectivity index (χ3n) is 9.02. The molecule has 1 aromatic heterocycles. The molecule has 4 heterocycles. The van der Waals surface area contributed by atoms with Crippen molar-refractivity contribution in [2.45, 2.75) is 69.2 Å². The van der Waals surface area contributed by atoms with Crippen molar-refractivity contribution in [2.24, 2.45) is 0 Å². The van der Waals surface area contributed by atoms with Gasteiger partial charge in [0.2, 0.25) is 0 Å². The minimum atomic E-state index is -5.20. The van der Waals surface area contributed by atoms with Crippen molar-refractivity contribution in [3.05, 3.63) is 45.1 Å². The maximum atomic E-state index is 13.7. The second kappa shape index (κ2) is 13.4. The number of nitrogens with zero attached hydrogens (tertiary/aromatic N) is 4. The van der Waals surface area contributed by atoms with E-state index >= 15 is 0 Å². The van der Waals surface area contributed by atoms with Gasteiger partial charge in [0.05, 0.1) is 29.0 Å². The van der Waals surface area contributed by atoms with E-state index in [0.717, 1.165) is 10.6 Å². The van der Waals surface area contributed by atoms with E-state index in [0.29, 0.717) is 44.4 Å².